The highest BCUT2D eigenvalue weighted by Gasteiger charge is 2.34. The molecule has 1 aliphatic heterocycles. The van der Waals surface area contributed by atoms with Crippen molar-refractivity contribution < 1.29 is 18.7 Å². The number of nitrogens with zero attached hydrogens (tertiary/aromatic N) is 3. The molecule has 5 rings (SSSR count). The summed E-state index contributed by atoms with van der Waals surface area (Å²) < 4.78 is 24.1. The lowest BCUT2D eigenvalue weighted by atomic mass is 10.1. The number of ether oxygens (including phenoxy) is 1. The average Bonchev–Trinajstić information content (AvgIpc) is 3.60. The Labute approximate surface area is 244 Å². The minimum atomic E-state index is -0.707. The fraction of sp³-hybridized carbons (Fsp3) is 0.276. The second-order valence-corrected chi connectivity index (χ2v) is 12.2. The number of rotatable bonds is 7. The molecule has 0 fully saturated rings. The Morgan fingerprint density at radius 2 is 1.80 bits per heavy atom. The third-order valence-corrected chi connectivity index (χ3v) is 8.01. The lowest BCUT2D eigenvalue weighted by molar-refractivity contribution is 0.0508. The predicted octanol–water partition coefficient (Wildman–Crippen LogP) is 5.16. The maximum Gasteiger partial charge on any atom is 0.408 e. The fourth-order valence-electron chi connectivity index (χ4n) is 4.37. The number of hydrogen-bond donors (Lipinski definition) is 2. The van der Waals surface area contributed by atoms with E-state index in [-0.39, 0.29) is 30.4 Å². The monoisotopic (exact) mass is 593 g/mol. The molecule has 4 aromatic rings. The molecule has 0 radical (unpaired) electrons. The average molecular weight is 594 g/mol. The molecule has 0 spiro atoms. The van der Waals surface area contributed by atoms with Gasteiger partial charge in [-0.3, -0.25) is 9.59 Å². The highest BCUT2D eigenvalue weighted by molar-refractivity contribution is 7.99. The highest BCUT2D eigenvalue weighted by atomic mass is 32.2. The van der Waals surface area contributed by atoms with Crippen molar-refractivity contribution in [1.29, 1.82) is 0 Å². The molecular formula is C29H28FN5O4S2. The van der Waals surface area contributed by atoms with Crippen LogP contribution < -0.4 is 16.2 Å². The first-order chi connectivity index (χ1) is 19.6. The van der Waals surface area contributed by atoms with E-state index >= 15 is 0 Å². The Balaban J connectivity index is 1.45. The van der Waals surface area contributed by atoms with Gasteiger partial charge >= 0.3 is 6.09 Å². The summed E-state index contributed by atoms with van der Waals surface area (Å²) in [6.45, 7) is 5.68. The van der Waals surface area contributed by atoms with Gasteiger partial charge in [-0.1, -0.05) is 40.9 Å². The van der Waals surface area contributed by atoms with Crippen molar-refractivity contribution in [3.05, 3.63) is 98.5 Å². The van der Waals surface area contributed by atoms with Gasteiger partial charge in [0.25, 0.3) is 11.5 Å². The summed E-state index contributed by atoms with van der Waals surface area (Å²) in [5.74, 6) is -0.361. The lowest BCUT2D eigenvalue weighted by Crippen LogP contribution is -2.38. The maximum absolute atomic E-state index is 13.8. The number of alkyl carbamates (subject to hydrolysis) is 1. The number of nitrogens with one attached hydrogen (secondary N) is 2. The number of carbonyl (C=O) groups excluding carboxylic acids is 2. The van der Waals surface area contributed by atoms with Gasteiger partial charge in [-0.2, -0.15) is 0 Å². The van der Waals surface area contributed by atoms with Crippen LogP contribution in [0.25, 0.3) is 11.3 Å². The number of benzene rings is 2. The Bertz CT molecular complexity index is 1620. The Kier molecular flexibility index (Phi) is 8.22. The topological polar surface area (TPSA) is 115 Å². The summed E-state index contributed by atoms with van der Waals surface area (Å²) >= 11 is 2.61. The van der Waals surface area contributed by atoms with E-state index in [4.69, 9.17) is 4.74 Å². The zero-order chi connectivity index (χ0) is 29.1. The van der Waals surface area contributed by atoms with Crippen LogP contribution in [0, 0.1) is 5.82 Å². The van der Waals surface area contributed by atoms with E-state index in [9.17, 15) is 18.8 Å². The van der Waals surface area contributed by atoms with E-state index in [1.165, 1.54) is 40.0 Å². The number of halogens is 1. The minimum absolute atomic E-state index is 0.185. The molecule has 1 aliphatic rings. The molecule has 212 valence electrons. The first kappa shape index (κ1) is 28.5. The summed E-state index contributed by atoms with van der Waals surface area (Å²) in [4.78, 5) is 40.3. The van der Waals surface area contributed by atoms with Crippen LogP contribution in [0.1, 0.15) is 53.9 Å². The predicted molar refractivity (Wildman–Crippen MR) is 156 cm³/mol. The van der Waals surface area contributed by atoms with E-state index in [0.717, 1.165) is 22.4 Å². The summed E-state index contributed by atoms with van der Waals surface area (Å²) in [5, 5.41) is 11.6. The van der Waals surface area contributed by atoms with Gasteiger partial charge in [-0.25, -0.2) is 9.18 Å². The molecule has 2 aromatic carbocycles. The number of carbonyl (C=O) groups is 2. The van der Waals surface area contributed by atoms with Crippen molar-refractivity contribution in [1.82, 2.24) is 24.8 Å². The smallest absolute Gasteiger partial charge is 0.408 e. The molecular weight excluding hydrogens is 565 g/mol. The first-order valence-electron chi connectivity index (χ1n) is 12.9. The molecule has 0 unspecified atom stereocenters. The molecule has 2 aromatic heterocycles. The quantitative estimate of drug-likeness (QED) is 0.304. The van der Waals surface area contributed by atoms with Crippen LogP contribution in [0.5, 0.6) is 0 Å². The van der Waals surface area contributed by atoms with Crippen molar-refractivity contribution in [2.24, 2.45) is 0 Å². The van der Waals surface area contributed by atoms with Gasteiger partial charge in [-0.15, -0.1) is 16.9 Å². The number of aromatic nitrogens is 3. The molecule has 12 heteroatoms. The van der Waals surface area contributed by atoms with Crippen molar-refractivity contribution >= 4 is 35.3 Å². The number of pyridine rings is 1. The standard InChI is InChI=1S/C29H28FN5O4S2/c1-29(2,3)39-28(38)32-23-15-40-25-21(26(36)31-12-17-6-10-20(30)11-7-17)14-35(27(37)24(23)25)13-18-4-8-19(9-5-18)22-16-41-34-33-22/h4-11,14,16,23H,12-13,15H2,1-3H3,(H,31,36)(H,32,38)/t23-/m0/s1. The zero-order valence-electron chi connectivity index (χ0n) is 22.6. The molecule has 0 aliphatic carbocycles. The van der Waals surface area contributed by atoms with E-state index in [2.05, 4.69) is 20.2 Å². The summed E-state index contributed by atoms with van der Waals surface area (Å²) in [6.07, 6.45) is 0.919. The Morgan fingerprint density at radius 3 is 2.46 bits per heavy atom. The highest BCUT2D eigenvalue weighted by Crippen LogP contribution is 2.39. The van der Waals surface area contributed by atoms with Gasteiger partial charge in [0.05, 0.1) is 23.7 Å². The molecule has 2 amide bonds. The van der Waals surface area contributed by atoms with Crippen LogP contribution in [0.2, 0.25) is 0 Å². The fourth-order valence-corrected chi connectivity index (χ4v) is 6.11. The van der Waals surface area contributed by atoms with Crippen LogP contribution in [0.4, 0.5) is 9.18 Å². The maximum atomic E-state index is 13.8. The molecule has 2 N–H and O–H groups in total. The van der Waals surface area contributed by atoms with E-state index in [1.807, 2.05) is 29.6 Å². The van der Waals surface area contributed by atoms with Gasteiger partial charge in [0.15, 0.2) is 0 Å². The number of fused-ring (bicyclic) bond motifs is 1. The zero-order valence-corrected chi connectivity index (χ0v) is 24.3. The van der Waals surface area contributed by atoms with Gasteiger partial charge in [-0.05, 0) is 55.6 Å². The summed E-state index contributed by atoms with van der Waals surface area (Å²) in [6, 6.07) is 12.8. The molecule has 0 saturated heterocycles. The molecule has 0 bridgehead atoms. The third-order valence-electron chi connectivity index (χ3n) is 6.27. The van der Waals surface area contributed by atoms with E-state index in [0.29, 0.717) is 21.8 Å². The lowest BCUT2D eigenvalue weighted by Gasteiger charge is -2.22. The third kappa shape index (κ3) is 6.83. The molecule has 0 saturated carbocycles. The summed E-state index contributed by atoms with van der Waals surface area (Å²) in [7, 11) is 0. The van der Waals surface area contributed by atoms with Gasteiger partial charge < -0.3 is 19.9 Å². The van der Waals surface area contributed by atoms with E-state index in [1.54, 1.807) is 39.1 Å². The van der Waals surface area contributed by atoms with Crippen LogP contribution in [-0.4, -0.2) is 37.5 Å². The second-order valence-electron chi connectivity index (χ2n) is 10.5. The number of hydrogen-bond acceptors (Lipinski definition) is 8. The second kappa shape index (κ2) is 11.8. The van der Waals surface area contributed by atoms with Gasteiger partial charge in [0.2, 0.25) is 0 Å². The number of thioether (sulfide) groups is 1. The summed E-state index contributed by atoms with van der Waals surface area (Å²) in [5.41, 5.74) is 2.92. The van der Waals surface area contributed by atoms with Crippen LogP contribution in [-0.2, 0) is 17.8 Å². The number of amides is 2. The van der Waals surface area contributed by atoms with E-state index < -0.39 is 17.7 Å². The van der Waals surface area contributed by atoms with Crippen molar-refractivity contribution in [3.8, 4) is 11.3 Å². The normalized spacial score (nSPS) is 14.4. The Hall–Kier alpha value is -4.03. The molecule has 9 nitrogen and oxygen atoms in total. The molecule has 3 heterocycles. The van der Waals surface area contributed by atoms with Gasteiger partial charge in [0, 0.05) is 34.3 Å². The largest absolute Gasteiger partial charge is 0.444 e. The van der Waals surface area contributed by atoms with Crippen LogP contribution in [0.3, 0.4) is 0 Å². The van der Waals surface area contributed by atoms with Crippen molar-refractivity contribution in [2.75, 3.05) is 5.75 Å². The van der Waals surface area contributed by atoms with Gasteiger partial charge in [0.1, 0.15) is 17.1 Å². The molecule has 1 atom stereocenters. The Morgan fingerprint density at radius 1 is 1.10 bits per heavy atom. The van der Waals surface area contributed by atoms with Crippen LogP contribution in [0.15, 0.2) is 69.8 Å². The van der Waals surface area contributed by atoms with Crippen molar-refractivity contribution in [3.63, 3.8) is 0 Å². The first-order valence-corrected chi connectivity index (χ1v) is 14.7. The molecule has 41 heavy (non-hydrogen) atoms. The van der Waals surface area contributed by atoms with Crippen LogP contribution >= 0.6 is 23.3 Å². The SMILES string of the molecule is CC(C)(C)OC(=O)N[C@H]1CSc2c(C(=O)NCc3ccc(F)cc3)cn(Cc3ccc(-c4csnn4)cc3)c(=O)c21. The minimum Gasteiger partial charge on any atom is -0.444 e. The van der Waals surface area contributed by atoms with Crippen molar-refractivity contribution in [2.45, 2.75) is 50.4 Å².